The van der Waals surface area contributed by atoms with Crippen LogP contribution < -0.4 is 5.32 Å². The van der Waals surface area contributed by atoms with Crippen LogP contribution in [0.15, 0.2) is 24.3 Å². The average Bonchev–Trinajstić information content (AvgIpc) is 2.95. The molecule has 2 heterocycles. The number of aliphatic hydroxyl groups excluding tert-OH is 3. The van der Waals surface area contributed by atoms with Gasteiger partial charge in [-0.15, -0.1) is 0 Å². The maximum atomic E-state index is 10.1. The fourth-order valence-corrected chi connectivity index (χ4v) is 2.62. The van der Waals surface area contributed by atoms with Crippen LogP contribution in [-0.4, -0.2) is 50.1 Å². The Kier molecular flexibility index (Phi) is 3.24. The summed E-state index contributed by atoms with van der Waals surface area (Å²) in [5.41, 5.74) is 1.72. The molecule has 1 fully saturated rings. The molecule has 4 atom stereocenters. The van der Waals surface area contributed by atoms with E-state index < -0.39 is 18.2 Å². The minimum absolute atomic E-state index is 0.0334. The second kappa shape index (κ2) is 4.90. The first-order valence-corrected chi connectivity index (χ1v) is 6.38. The highest BCUT2D eigenvalue weighted by Crippen LogP contribution is 2.28. The molecule has 0 bridgehead atoms. The van der Waals surface area contributed by atoms with Crippen LogP contribution in [0.3, 0.4) is 0 Å². The van der Waals surface area contributed by atoms with Gasteiger partial charge in [0.15, 0.2) is 0 Å². The predicted octanol–water partition coefficient (Wildman–Crippen LogP) is -0.320. The largest absolute Gasteiger partial charge is 0.396 e. The van der Waals surface area contributed by atoms with Gasteiger partial charge in [-0.1, -0.05) is 12.1 Å². The third-order valence-corrected chi connectivity index (χ3v) is 3.64. The molecule has 6 heteroatoms. The van der Waals surface area contributed by atoms with Gasteiger partial charge >= 0.3 is 0 Å². The molecule has 0 aliphatic carbocycles. The summed E-state index contributed by atoms with van der Waals surface area (Å²) in [5.74, 6) is 0.605. The highest BCUT2D eigenvalue weighted by Gasteiger charge is 2.42. The van der Waals surface area contributed by atoms with Crippen molar-refractivity contribution < 1.29 is 15.3 Å². The van der Waals surface area contributed by atoms with Crippen LogP contribution in [-0.2, 0) is 0 Å². The monoisotopic (exact) mass is 263 g/mol. The lowest BCUT2D eigenvalue weighted by molar-refractivity contribution is 0.0238. The number of nitrogens with zero attached hydrogens (tertiary/aromatic N) is 1. The topological polar surface area (TPSA) is 101 Å². The van der Waals surface area contributed by atoms with Crippen LogP contribution in [0.4, 0.5) is 0 Å². The lowest BCUT2D eigenvalue weighted by Gasteiger charge is -2.13. The third kappa shape index (κ3) is 2.12. The molecule has 2 aromatic rings. The van der Waals surface area contributed by atoms with E-state index in [4.69, 9.17) is 5.11 Å². The lowest BCUT2D eigenvalue weighted by atomic mass is 10.1. The normalized spacial score (nSPS) is 31.1. The van der Waals surface area contributed by atoms with Crippen LogP contribution in [0.5, 0.6) is 0 Å². The van der Waals surface area contributed by atoms with Crippen molar-refractivity contribution in [2.75, 3.05) is 6.61 Å². The third-order valence-electron chi connectivity index (χ3n) is 3.64. The van der Waals surface area contributed by atoms with Crippen LogP contribution in [0.2, 0.25) is 0 Å². The molecule has 0 saturated carbocycles. The number of aromatic nitrogens is 2. The van der Waals surface area contributed by atoms with Gasteiger partial charge in [0.2, 0.25) is 0 Å². The maximum Gasteiger partial charge on any atom is 0.127 e. The molecule has 1 aliphatic heterocycles. The summed E-state index contributed by atoms with van der Waals surface area (Å²) >= 11 is 0. The summed E-state index contributed by atoms with van der Waals surface area (Å²) < 4.78 is 0. The molecule has 5 N–H and O–H groups in total. The van der Waals surface area contributed by atoms with Gasteiger partial charge in [-0.3, -0.25) is 5.32 Å². The SMILES string of the molecule is OCC[C@@H]1N[C@@H](c2nc3ccccc3[nH]2)[C@H](O)[C@@H]1O. The second-order valence-corrected chi connectivity index (χ2v) is 4.88. The summed E-state index contributed by atoms with van der Waals surface area (Å²) in [7, 11) is 0. The number of rotatable bonds is 3. The Morgan fingerprint density at radius 3 is 2.68 bits per heavy atom. The van der Waals surface area contributed by atoms with Crippen LogP contribution in [0.25, 0.3) is 11.0 Å². The van der Waals surface area contributed by atoms with Crippen LogP contribution in [0.1, 0.15) is 18.3 Å². The summed E-state index contributed by atoms with van der Waals surface area (Å²) in [5, 5.41) is 32.1. The van der Waals surface area contributed by atoms with Crippen molar-refractivity contribution in [1.82, 2.24) is 15.3 Å². The smallest absolute Gasteiger partial charge is 0.127 e. The Morgan fingerprint density at radius 2 is 1.95 bits per heavy atom. The van der Waals surface area contributed by atoms with Gasteiger partial charge in [-0.25, -0.2) is 4.98 Å². The number of hydrogen-bond acceptors (Lipinski definition) is 5. The molecule has 0 radical (unpaired) electrons. The van der Waals surface area contributed by atoms with Gasteiger partial charge in [0.25, 0.3) is 0 Å². The van der Waals surface area contributed by atoms with Gasteiger partial charge in [0, 0.05) is 12.6 Å². The molecule has 0 spiro atoms. The second-order valence-electron chi connectivity index (χ2n) is 4.88. The number of para-hydroxylation sites is 2. The number of fused-ring (bicyclic) bond motifs is 1. The molecule has 19 heavy (non-hydrogen) atoms. The van der Waals surface area contributed by atoms with Crippen molar-refractivity contribution in [2.24, 2.45) is 0 Å². The Labute approximate surface area is 110 Å². The minimum atomic E-state index is -0.933. The van der Waals surface area contributed by atoms with Gasteiger partial charge in [0.1, 0.15) is 11.9 Å². The van der Waals surface area contributed by atoms with Crippen molar-refractivity contribution in [3.8, 4) is 0 Å². The van der Waals surface area contributed by atoms with Crippen molar-refractivity contribution in [1.29, 1.82) is 0 Å². The minimum Gasteiger partial charge on any atom is -0.396 e. The van der Waals surface area contributed by atoms with Crippen LogP contribution in [0, 0.1) is 0 Å². The molecular formula is C13H17N3O3. The average molecular weight is 263 g/mol. The van der Waals surface area contributed by atoms with E-state index in [0.29, 0.717) is 12.2 Å². The summed E-state index contributed by atoms with van der Waals surface area (Å²) in [6.07, 6.45) is -1.43. The van der Waals surface area contributed by atoms with Crippen molar-refractivity contribution in [3.63, 3.8) is 0 Å². The molecule has 1 aromatic carbocycles. The summed E-state index contributed by atoms with van der Waals surface area (Å²) in [6.45, 7) is -0.0334. The fraction of sp³-hybridized carbons (Fsp3) is 0.462. The predicted molar refractivity (Wildman–Crippen MR) is 69.5 cm³/mol. The van der Waals surface area contributed by atoms with E-state index in [2.05, 4.69) is 15.3 Å². The molecule has 0 unspecified atom stereocenters. The zero-order chi connectivity index (χ0) is 13.4. The molecule has 3 rings (SSSR count). The zero-order valence-corrected chi connectivity index (χ0v) is 10.3. The Balaban J connectivity index is 1.89. The Hall–Kier alpha value is -1.47. The van der Waals surface area contributed by atoms with Gasteiger partial charge < -0.3 is 20.3 Å². The van der Waals surface area contributed by atoms with Crippen LogP contribution >= 0.6 is 0 Å². The summed E-state index contributed by atoms with van der Waals surface area (Å²) in [6, 6.07) is 6.84. The molecule has 1 saturated heterocycles. The number of aliphatic hydroxyl groups is 3. The molecule has 102 valence electrons. The molecule has 1 aliphatic rings. The first-order valence-electron chi connectivity index (χ1n) is 6.38. The van der Waals surface area contributed by atoms with E-state index >= 15 is 0 Å². The van der Waals surface area contributed by atoms with E-state index in [9.17, 15) is 10.2 Å². The van der Waals surface area contributed by atoms with Crippen molar-refractivity contribution in [3.05, 3.63) is 30.1 Å². The van der Waals surface area contributed by atoms with Crippen molar-refractivity contribution in [2.45, 2.75) is 30.7 Å². The lowest BCUT2D eigenvalue weighted by Crippen LogP contribution is -2.33. The fourth-order valence-electron chi connectivity index (χ4n) is 2.62. The number of H-pyrrole nitrogens is 1. The first kappa shape index (κ1) is 12.6. The van der Waals surface area contributed by atoms with Gasteiger partial charge in [-0.2, -0.15) is 0 Å². The quantitative estimate of drug-likeness (QED) is 0.522. The molecule has 6 nitrogen and oxygen atoms in total. The van der Waals surface area contributed by atoms with E-state index in [-0.39, 0.29) is 12.6 Å². The Morgan fingerprint density at radius 1 is 1.16 bits per heavy atom. The van der Waals surface area contributed by atoms with E-state index in [1.54, 1.807) is 0 Å². The van der Waals surface area contributed by atoms with Gasteiger partial charge in [-0.05, 0) is 18.6 Å². The molecular weight excluding hydrogens is 246 g/mol. The number of hydrogen-bond donors (Lipinski definition) is 5. The van der Waals surface area contributed by atoms with E-state index in [1.807, 2.05) is 24.3 Å². The molecule has 0 amide bonds. The molecule has 1 aromatic heterocycles. The van der Waals surface area contributed by atoms with E-state index in [1.165, 1.54) is 0 Å². The highest BCUT2D eigenvalue weighted by atomic mass is 16.3. The zero-order valence-electron chi connectivity index (χ0n) is 10.3. The Bertz CT molecular complexity index is 538. The van der Waals surface area contributed by atoms with Gasteiger partial charge in [0.05, 0.1) is 23.2 Å². The van der Waals surface area contributed by atoms with Crippen molar-refractivity contribution >= 4 is 11.0 Å². The number of aromatic amines is 1. The highest BCUT2D eigenvalue weighted by molar-refractivity contribution is 5.74. The standard InChI is InChI=1S/C13H17N3O3/c17-6-5-9-11(18)12(19)10(14-9)13-15-7-3-1-2-4-8(7)16-13/h1-4,9-12,14,17-19H,5-6H2,(H,15,16)/t9-,10+,11+,12-/m0/s1. The summed E-state index contributed by atoms with van der Waals surface area (Å²) in [4.78, 5) is 7.57. The number of imidazole rings is 1. The van der Waals surface area contributed by atoms with E-state index in [0.717, 1.165) is 11.0 Å². The maximum absolute atomic E-state index is 10.1. The number of nitrogens with one attached hydrogen (secondary N) is 2. The number of benzene rings is 1. The first-order chi connectivity index (χ1) is 9.20.